The average Bonchev–Trinajstić information content (AvgIpc) is 2.70. The summed E-state index contributed by atoms with van der Waals surface area (Å²) in [7, 11) is 0. The Balaban J connectivity index is 2.02. The van der Waals surface area contributed by atoms with E-state index in [1.165, 1.54) is 5.56 Å². The van der Waals surface area contributed by atoms with Crippen LogP contribution in [0.2, 0.25) is 0 Å². The van der Waals surface area contributed by atoms with E-state index in [1.807, 2.05) is 48.7 Å². The molecule has 0 radical (unpaired) electrons. The molecule has 1 aliphatic heterocycles. The summed E-state index contributed by atoms with van der Waals surface area (Å²) >= 11 is 0. The highest BCUT2D eigenvalue weighted by Crippen LogP contribution is 2.38. The number of fused-ring (bicyclic) bond motifs is 1. The lowest BCUT2D eigenvalue weighted by Crippen LogP contribution is -2.49. The second-order valence-electron chi connectivity index (χ2n) is 4.68. The van der Waals surface area contributed by atoms with Gasteiger partial charge in [0.15, 0.2) is 5.69 Å². The lowest BCUT2D eigenvalue weighted by molar-refractivity contribution is 0.387. The van der Waals surface area contributed by atoms with Gasteiger partial charge in [0.1, 0.15) is 12.7 Å². The van der Waals surface area contributed by atoms with Gasteiger partial charge in [0.25, 0.3) is 0 Å². The molecule has 0 bridgehead atoms. The molecule has 0 saturated heterocycles. The monoisotopic (exact) mass is 238 g/mol. The number of hydrogen-bond acceptors (Lipinski definition) is 2. The number of hydrogen-bond donors (Lipinski definition) is 2. The number of para-hydroxylation sites is 1. The van der Waals surface area contributed by atoms with E-state index in [-0.39, 0.29) is 4.59 Å². The van der Waals surface area contributed by atoms with E-state index in [2.05, 4.69) is 12.1 Å². The Bertz CT molecular complexity index is 604. The van der Waals surface area contributed by atoms with Crippen LogP contribution in [0.4, 0.5) is 11.4 Å². The maximum absolute atomic E-state index is 6.47. The zero-order valence-corrected chi connectivity index (χ0v) is 10.1. The smallest absolute Gasteiger partial charge is 0.187 e. The van der Waals surface area contributed by atoms with Crippen molar-refractivity contribution in [1.29, 1.82) is 0 Å². The van der Waals surface area contributed by atoms with Crippen LogP contribution in [0, 0.1) is 0 Å². The van der Waals surface area contributed by atoms with Gasteiger partial charge in [-0.05, 0) is 12.1 Å². The van der Waals surface area contributed by atoms with Crippen molar-refractivity contribution in [3.05, 3.63) is 65.9 Å². The normalized spacial score (nSPS) is 20.9. The van der Waals surface area contributed by atoms with Crippen molar-refractivity contribution in [3.8, 4) is 0 Å². The van der Waals surface area contributed by atoms with Crippen LogP contribution in [0.5, 0.6) is 0 Å². The highest BCUT2D eigenvalue weighted by atomic mass is 15.6. The molecule has 18 heavy (non-hydrogen) atoms. The van der Waals surface area contributed by atoms with Gasteiger partial charge in [-0.1, -0.05) is 36.4 Å². The van der Waals surface area contributed by atoms with Gasteiger partial charge in [-0.3, -0.25) is 0 Å². The van der Waals surface area contributed by atoms with Gasteiger partial charge < -0.3 is 5.73 Å². The Kier molecular flexibility index (Phi) is 2.44. The van der Waals surface area contributed by atoms with Crippen LogP contribution in [-0.4, -0.2) is 0 Å². The highest BCUT2D eigenvalue weighted by Gasteiger charge is 2.33. The quantitative estimate of drug-likeness (QED) is 0.480. The van der Waals surface area contributed by atoms with E-state index >= 15 is 0 Å². The number of quaternary nitrogens is 1. The van der Waals surface area contributed by atoms with Crippen molar-refractivity contribution in [2.24, 2.45) is 5.84 Å². The lowest BCUT2D eigenvalue weighted by Gasteiger charge is -2.26. The van der Waals surface area contributed by atoms with E-state index in [9.17, 15) is 0 Å². The van der Waals surface area contributed by atoms with Gasteiger partial charge in [0, 0.05) is 17.2 Å². The van der Waals surface area contributed by atoms with Crippen molar-refractivity contribution in [3.63, 3.8) is 0 Å². The van der Waals surface area contributed by atoms with Crippen LogP contribution in [0.3, 0.4) is 0 Å². The Morgan fingerprint density at radius 2 is 1.72 bits per heavy atom. The van der Waals surface area contributed by atoms with Crippen LogP contribution >= 0.6 is 0 Å². The Hall–Kier alpha value is -2.10. The molecule has 2 aromatic rings. The summed E-state index contributed by atoms with van der Waals surface area (Å²) in [5, 5.41) is 0. The third kappa shape index (κ3) is 1.70. The molecule has 3 nitrogen and oxygen atoms in total. The fourth-order valence-electron chi connectivity index (χ4n) is 2.50. The summed E-state index contributed by atoms with van der Waals surface area (Å²) in [4.78, 5) is 0. The van der Waals surface area contributed by atoms with Crippen molar-refractivity contribution in [1.82, 2.24) is 4.59 Å². The maximum atomic E-state index is 6.47. The first-order chi connectivity index (χ1) is 8.69. The fraction of sp³-hybridized carbons (Fsp3) is 0.0667. The van der Waals surface area contributed by atoms with Crippen molar-refractivity contribution < 1.29 is 0 Å². The summed E-state index contributed by atoms with van der Waals surface area (Å²) in [5.41, 5.74) is 10.1. The number of nitrogens with two attached hydrogens (primary N) is 2. The first kappa shape index (κ1) is 11.0. The van der Waals surface area contributed by atoms with Crippen molar-refractivity contribution in [2.75, 3.05) is 5.73 Å². The van der Waals surface area contributed by atoms with E-state index < -0.39 is 0 Å². The minimum Gasteiger partial charge on any atom is -0.394 e. The molecule has 1 unspecified atom stereocenters. The number of nitrogens with zero attached hydrogens (tertiary/aromatic N) is 1. The molecule has 4 N–H and O–H groups in total. The molecule has 1 aliphatic rings. The molecule has 90 valence electrons. The van der Waals surface area contributed by atoms with Crippen LogP contribution in [-0.2, 0) is 6.54 Å². The van der Waals surface area contributed by atoms with Gasteiger partial charge >= 0.3 is 0 Å². The number of nitrogen functional groups attached to an aromatic ring is 1. The maximum Gasteiger partial charge on any atom is 0.187 e. The van der Waals surface area contributed by atoms with Crippen molar-refractivity contribution >= 4 is 17.5 Å². The number of anilines is 1. The van der Waals surface area contributed by atoms with E-state index in [4.69, 9.17) is 11.6 Å². The lowest BCUT2D eigenvalue weighted by atomic mass is 10.1. The number of benzene rings is 2. The predicted octanol–water partition coefficient (Wildman–Crippen LogP) is 2.63. The first-order valence-corrected chi connectivity index (χ1v) is 5.98. The SMILES string of the molecule is Nc1cccc2c1[N+](N)(Cc1ccccc1)C=C2. The Morgan fingerprint density at radius 1 is 0.944 bits per heavy atom. The molecule has 0 aliphatic carbocycles. The Morgan fingerprint density at radius 3 is 2.50 bits per heavy atom. The molecule has 0 fully saturated rings. The van der Waals surface area contributed by atoms with Gasteiger partial charge in [0.2, 0.25) is 0 Å². The van der Waals surface area contributed by atoms with Gasteiger partial charge in [-0.15, -0.1) is 0 Å². The minimum atomic E-state index is 0.242. The third-order valence-corrected chi connectivity index (χ3v) is 3.32. The van der Waals surface area contributed by atoms with Gasteiger partial charge in [0.05, 0.1) is 5.69 Å². The van der Waals surface area contributed by atoms with Gasteiger partial charge in [-0.25, -0.2) is 0 Å². The zero-order valence-electron chi connectivity index (χ0n) is 10.1. The van der Waals surface area contributed by atoms with E-state index in [1.54, 1.807) is 0 Å². The molecule has 1 atom stereocenters. The topological polar surface area (TPSA) is 52.0 Å². The zero-order chi connectivity index (χ0) is 12.6. The predicted molar refractivity (Wildman–Crippen MR) is 76.0 cm³/mol. The molecule has 3 rings (SSSR count). The van der Waals surface area contributed by atoms with Crippen LogP contribution in [0.1, 0.15) is 11.1 Å². The molecular formula is C15H16N3+. The van der Waals surface area contributed by atoms with Crippen LogP contribution < -0.4 is 16.2 Å². The molecule has 0 amide bonds. The molecule has 2 aromatic carbocycles. The average molecular weight is 238 g/mol. The van der Waals surface area contributed by atoms with Crippen molar-refractivity contribution in [2.45, 2.75) is 6.54 Å². The number of rotatable bonds is 2. The molecule has 3 heteroatoms. The van der Waals surface area contributed by atoms with Crippen LogP contribution in [0.25, 0.3) is 6.08 Å². The second-order valence-corrected chi connectivity index (χ2v) is 4.68. The summed E-state index contributed by atoms with van der Waals surface area (Å²) in [6.45, 7) is 0.707. The standard InChI is InChI=1S/C15H16N3/c16-14-8-4-7-13-9-10-18(17,15(13)14)11-12-5-2-1-3-6-12/h1-10H,11,16-17H2/q+1. The largest absolute Gasteiger partial charge is 0.394 e. The molecule has 0 spiro atoms. The summed E-state index contributed by atoms with van der Waals surface area (Å²) in [6, 6.07) is 16.1. The van der Waals surface area contributed by atoms with Gasteiger partial charge in [-0.2, -0.15) is 10.4 Å². The minimum absolute atomic E-state index is 0.242. The molecule has 0 saturated carbocycles. The summed E-state index contributed by atoms with van der Waals surface area (Å²) in [6.07, 6.45) is 4.03. The summed E-state index contributed by atoms with van der Waals surface area (Å²) < 4.78 is 0.242. The van der Waals surface area contributed by atoms with E-state index in [0.29, 0.717) is 6.54 Å². The third-order valence-electron chi connectivity index (χ3n) is 3.32. The van der Waals surface area contributed by atoms with E-state index in [0.717, 1.165) is 16.9 Å². The molecule has 1 heterocycles. The molecule has 0 aromatic heterocycles. The Labute approximate surface area is 107 Å². The first-order valence-electron chi connectivity index (χ1n) is 5.98. The van der Waals surface area contributed by atoms with Crippen LogP contribution in [0.15, 0.2) is 54.7 Å². The highest BCUT2D eigenvalue weighted by molar-refractivity contribution is 5.82. The fourth-order valence-corrected chi connectivity index (χ4v) is 2.50. The summed E-state index contributed by atoms with van der Waals surface area (Å²) in [5.74, 6) is 6.47. The second kappa shape index (κ2) is 3.98. The molecular weight excluding hydrogens is 222 g/mol.